The molecule has 0 amide bonds. The minimum absolute atomic E-state index is 0.402. The van der Waals surface area contributed by atoms with Crippen LogP contribution in [0.2, 0.25) is 0 Å². The van der Waals surface area contributed by atoms with Crippen molar-refractivity contribution >= 4 is 34.6 Å². The molecule has 0 spiro atoms. The predicted molar refractivity (Wildman–Crippen MR) is 146 cm³/mol. The maximum absolute atomic E-state index is 9.50. The quantitative estimate of drug-likeness (QED) is 0.275. The summed E-state index contributed by atoms with van der Waals surface area (Å²) in [6.45, 7) is 0. The van der Waals surface area contributed by atoms with E-state index in [0.29, 0.717) is 56.9 Å². The number of pyridine rings is 4. The molecule has 40 heavy (non-hydrogen) atoms. The summed E-state index contributed by atoms with van der Waals surface area (Å²) in [4.78, 5) is 21.3. The van der Waals surface area contributed by atoms with E-state index in [1.54, 1.807) is 58.3 Å². The molecular weight excluding hydrogens is 500 g/mol. The number of hydrogen-bond acceptors (Lipinski definition) is 10. The molecular formula is C30H16N10. The van der Waals surface area contributed by atoms with Crippen molar-refractivity contribution in [2.75, 3.05) is 9.80 Å². The Labute approximate surface area is 229 Å². The smallest absolute Gasteiger partial charge is 0.140 e. The topological polar surface area (TPSA) is 153 Å². The Morgan fingerprint density at radius 3 is 1.00 bits per heavy atom. The Bertz CT molecular complexity index is 1640. The molecule has 186 valence electrons. The van der Waals surface area contributed by atoms with Crippen molar-refractivity contribution < 1.29 is 0 Å². The van der Waals surface area contributed by atoms with E-state index in [4.69, 9.17) is 0 Å². The lowest BCUT2D eigenvalue weighted by molar-refractivity contribution is 1.10. The van der Waals surface area contributed by atoms with Crippen LogP contribution in [0.5, 0.6) is 0 Å². The summed E-state index contributed by atoms with van der Waals surface area (Å²) >= 11 is 0. The standard InChI is InChI=1S/C30H16N10/c31-17-21-4-8-35-27(12-21)39(28-13-22(18-32)5-9-36-28)25-2-1-3-26(16-25)40(29-14-23(19-33)6-10-37-29)30-15-24(20-34)7-11-38-30/h1-16H. The third-order valence-corrected chi connectivity index (χ3v) is 5.76. The first-order valence-electron chi connectivity index (χ1n) is 11.8. The number of nitriles is 4. The van der Waals surface area contributed by atoms with Crippen molar-refractivity contribution in [3.05, 3.63) is 120 Å². The fourth-order valence-corrected chi connectivity index (χ4v) is 3.98. The van der Waals surface area contributed by atoms with E-state index >= 15 is 0 Å². The molecule has 0 aliphatic carbocycles. The highest BCUT2D eigenvalue weighted by Gasteiger charge is 2.21. The van der Waals surface area contributed by atoms with Gasteiger partial charge < -0.3 is 0 Å². The van der Waals surface area contributed by atoms with Crippen molar-refractivity contribution in [1.29, 1.82) is 21.0 Å². The van der Waals surface area contributed by atoms with Gasteiger partial charge in [-0.3, -0.25) is 9.80 Å². The van der Waals surface area contributed by atoms with Crippen molar-refractivity contribution in [3.63, 3.8) is 0 Å². The Kier molecular flexibility index (Phi) is 7.01. The SMILES string of the molecule is N#Cc1ccnc(N(c2cccc(N(c3cc(C#N)ccn3)c3cc(C#N)ccn3)c2)c2cc(C#N)ccn2)c1. The van der Waals surface area contributed by atoms with E-state index in [0.717, 1.165) is 0 Å². The maximum Gasteiger partial charge on any atom is 0.140 e. The number of aromatic nitrogens is 4. The number of benzene rings is 1. The molecule has 0 aliphatic heterocycles. The molecule has 1 aromatic carbocycles. The number of rotatable bonds is 6. The number of anilines is 6. The number of nitrogens with zero attached hydrogens (tertiary/aromatic N) is 10. The van der Waals surface area contributed by atoms with Gasteiger partial charge in [-0.2, -0.15) is 21.0 Å². The van der Waals surface area contributed by atoms with Gasteiger partial charge in [-0.05, 0) is 66.7 Å². The van der Waals surface area contributed by atoms with Gasteiger partial charge in [0, 0.05) is 24.8 Å². The molecule has 5 rings (SSSR count). The van der Waals surface area contributed by atoms with E-state index in [1.165, 1.54) is 24.8 Å². The second-order valence-electron chi connectivity index (χ2n) is 8.25. The lowest BCUT2D eigenvalue weighted by Crippen LogP contribution is -2.16. The van der Waals surface area contributed by atoms with Crippen LogP contribution in [-0.2, 0) is 0 Å². The summed E-state index contributed by atoms with van der Waals surface area (Å²) in [6.07, 6.45) is 6.11. The fraction of sp³-hybridized carbons (Fsp3) is 0. The van der Waals surface area contributed by atoms with Gasteiger partial charge in [0.05, 0.1) is 57.9 Å². The molecule has 4 aromatic heterocycles. The van der Waals surface area contributed by atoms with E-state index < -0.39 is 0 Å². The lowest BCUT2D eigenvalue weighted by Gasteiger charge is -2.27. The van der Waals surface area contributed by atoms with Crippen LogP contribution in [0.25, 0.3) is 0 Å². The lowest BCUT2D eigenvalue weighted by atomic mass is 10.2. The first-order chi connectivity index (χ1) is 19.6. The zero-order chi connectivity index (χ0) is 27.9. The van der Waals surface area contributed by atoms with Crippen molar-refractivity contribution in [2.45, 2.75) is 0 Å². The molecule has 0 bridgehead atoms. The zero-order valence-electron chi connectivity index (χ0n) is 20.7. The number of hydrogen-bond donors (Lipinski definition) is 0. The first-order valence-corrected chi connectivity index (χ1v) is 11.8. The first kappa shape index (κ1) is 25.0. The summed E-state index contributed by atoms with van der Waals surface area (Å²) < 4.78 is 0. The third-order valence-electron chi connectivity index (χ3n) is 5.76. The molecule has 10 heteroatoms. The zero-order valence-corrected chi connectivity index (χ0v) is 20.7. The van der Waals surface area contributed by atoms with E-state index in [-0.39, 0.29) is 0 Å². The maximum atomic E-state index is 9.50. The molecule has 5 aromatic rings. The average molecular weight is 517 g/mol. The Morgan fingerprint density at radius 2 is 0.725 bits per heavy atom. The highest BCUT2D eigenvalue weighted by Crippen LogP contribution is 2.38. The molecule has 10 nitrogen and oxygen atoms in total. The van der Waals surface area contributed by atoms with Crippen LogP contribution in [-0.4, -0.2) is 19.9 Å². The van der Waals surface area contributed by atoms with Gasteiger partial charge >= 0.3 is 0 Å². The van der Waals surface area contributed by atoms with Crippen LogP contribution in [0.3, 0.4) is 0 Å². The van der Waals surface area contributed by atoms with Gasteiger partial charge in [-0.25, -0.2) is 19.9 Å². The molecule has 0 saturated heterocycles. The van der Waals surface area contributed by atoms with Crippen LogP contribution in [0.15, 0.2) is 97.6 Å². The average Bonchev–Trinajstić information content (AvgIpc) is 3.02. The van der Waals surface area contributed by atoms with E-state index in [1.807, 2.05) is 24.3 Å². The van der Waals surface area contributed by atoms with Crippen LogP contribution in [0.1, 0.15) is 22.3 Å². The van der Waals surface area contributed by atoms with E-state index in [2.05, 4.69) is 44.2 Å². The summed E-state index contributed by atoms with van der Waals surface area (Å²) in [5.41, 5.74) is 2.83. The van der Waals surface area contributed by atoms with Crippen LogP contribution in [0, 0.1) is 45.3 Å². The molecule has 0 radical (unpaired) electrons. The van der Waals surface area contributed by atoms with Crippen molar-refractivity contribution in [3.8, 4) is 24.3 Å². The highest BCUT2D eigenvalue weighted by atomic mass is 15.3. The van der Waals surface area contributed by atoms with Crippen LogP contribution < -0.4 is 9.80 Å². The minimum atomic E-state index is 0.402. The van der Waals surface area contributed by atoms with Crippen LogP contribution >= 0.6 is 0 Å². The minimum Gasteiger partial charge on any atom is -0.279 e. The van der Waals surface area contributed by atoms with Crippen molar-refractivity contribution in [2.24, 2.45) is 0 Å². The van der Waals surface area contributed by atoms with Gasteiger partial charge in [0.1, 0.15) is 23.3 Å². The molecule has 0 saturated carbocycles. The van der Waals surface area contributed by atoms with Crippen LogP contribution in [0.4, 0.5) is 34.6 Å². The molecule has 4 heterocycles. The molecule has 0 N–H and O–H groups in total. The third kappa shape index (κ3) is 5.10. The predicted octanol–water partition coefficient (Wildman–Crippen LogP) is 5.69. The fourth-order valence-electron chi connectivity index (χ4n) is 3.98. The van der Waals surface area contributed by atoms with Gasteiger partial charge in [0.15, 0.2) is 0 Å². The molecule has 0 aliphatic rings. The summed E-state index contributed by atoms with van der Waals surface area (Å²) in [5, 5.41) is 38.0. The molecule has 0 unspecified atom stereocenters. The molecule has 0 fully saturated rings. The summed E-state index contributed by atoms with van der Waals surface area (Å²) in [6, 6.07) is 28.7. The Hall–Kier alpha value is -6.62. The Morgan fingerprint density at radius 1 is 0.425 bits per heavy atom. The molecule has 0 atom stereocenters. The Balaban J connectivity index is 1.72. The van der Waals surface area contributed by atoms with E-state index in [9.17, 15) is 21.0 Å². The highest BCUT2D eigenvalue weighted by molar-refractivity contribution is 5.80. The monoisotopic (exact) mass is 516 g/mol. The second-order valence-corrected chi connectivity index (χ2v) is 8.25. The van der Waals surface area contributed by atoms with Gasteiger partial charge in [0.2, 0.25) is 0 Å². The van der Waals surface area contributed by atoms with Crippen molar-refractivity contribution in [1.82, 2.24) is 19.9 Å². The van der Waals surface area contributed by atoms with Gasteiger partial charge in [0.25, 0.3) is 0 Å². The normalized spacial score (nSPS) is 9.90. The largest absolute Gasteiger partial charge is 0.279 e. The van der Waals surface area contributed by atoms with Gasteiger partial charge in [-0.1, -0.05) is 6.07 Å². The van der Waals surface area contributed by atoms with Gasteiger partial charge in [-0.15, -0.1) is 0 Å². The second kappa shape index (κ2) is 11.2. The summed E-state index contributed by atoms with van der Waals surface area (Å²) in [5.74, 6) is 1.66. The summed E-state index contributed by atoms with van der Waals surface area (Å²) in [7, 11) is 0.